The molecule has 0 aliphatic heterocycles. The summed E-state index contributed by atoms with van der Waals surface area (Å²) in [5, 5.41) is 7.19. The molecule has 0 bridgehead atoms. The summed E-state index contributed by atoms with van der Waals surface area (Å²) in [6, 6.07) is 1.14. The molecule has 0 heterocycles. The van der Waals surface area contributed by atoms with E-state index in [4.69, 9.17) is 5.26 Å². The lowest BCUT2D eigenvalue weighted by Gasteiger charge is -1.41. The van der Waals surface area contributed by atoms with Crippen LogP contribution < -0.4 is 0 Å². The van der Waals surface area contributed by atoms with Gasteiger partial charge in [-0.15, -0.1) is 0 Å². The minimum atomic E-state index is -0.0694. The first-order valence-electron chi connectivity index (χ1n) is 0.730. The highest BCUT2D eigenvalue weighted by Gasteiger charge is 1.57. The Morgan fingerprint density at radius 2 is 2.25 bits per heavy atom. The van der Waals surface area contributed by atoms with E-state index in [1.54, 1.807) is 0 Å². The van der Waals surface area contributed by atoms with Crippen molar-refractivity contribution in [2.45, 2.75) is 0 Å². The third kappa shape index (κ3) is 1.42. The second-order valence-corrected chi connectivity index (χ2v) is 0.238. The average Bonchev–Trinajstić information content (AvgIpc) is 1.37. The molecule has 0 atom stereocenters. The number of nitrogens with zero attached hydrogens (tertiary/aromatic N) is 1. The molecule has 0 aromatic carbocycles. The van der Waals surface area contributed by atoms with Gasteiger partial charge in [0.25, 0.3) is 0 Å². The van der Waals surface area contributed by atoms with Gasteiger partial charge in [-0.3, -0.25) is 0 Å². The van der Waals surface area contributed by atoms with Gasteiger partial charge in [-0.2, -0.15) is 5.26 Å². The van der Waals surface area contributed by atoms with Crippen molar-refractivity contribution in [3.63, 3.8) is 0 Å². The van der Waals surface area contributed by atoms with Gasteiger partial charge in [-0.25, -0.2) is 4.39 Å². The predicted octanol–water partition coefficient (Wildman–Crippen LogP) is 0.641. The molecule has 0 unspecified atom stereocenters. The molecular formula is C2HFN. The first kappa shape index (κ1) is 3.42. The van der Waals surface area contributed by atoms with Gasteiger partial charge < -0.3 is 0 Å². The summed E-state index contributed by atoms with van der Waals surface area (Å²) in [5.41, 5.74) is 0. The minimum Gasteiger partial charge on any atom is -0.226 e. The van der Waals surface area contributed by atoms with E-state index in [9.17, 15) is 4.39 Å². The van der Waals surface area contributed by atoms with Crippen molar-refractivity contribution in [3.8, 4) is 6.07 Å². The first-order valence-corrected chi connectivity index (χ1v) is 0.730. The SMILES string of the molecule is N#C[CH]F. The second-order valence-electron chi connectivity index (χ2n) is 0.238. The van der Waals surface area contributed by atoms with Crippen LogP contribution in [0.4, 0.5) is 4.39 Å². The van der Waals surface area contributed by atoms with E-state index in [0.29, 0.717) is 0 Å². The van der Waals surface area contributed by atoms with Crippen molar-refractivity contribution in [1.82, 2.24) is 0 Å². The van der Waals surface area contributed by atoms with Crippen molar-refractivity contribution in [1.29, 1.82) is 5.26 Å². The van der Waals surface area contributed by atoms with E-state index in [1.807, 2.05) is 0 Å². The number of nitriles is 1. The van der Waals surface area contributed by atoms with Crippen LogP contribution in [-0.2, 0) is 0 Å². The molecule has 0 aliphatic rings. The maximum absolute atomic E-state index is 10.2. The van der Waals surface area contributed by atoms with Gasteiger partial charge in [0.2, 0.25) is 6.67 Å². The summed E-state index contributed by atoms with van der Waals surface area (Å²) < 4.78 is 10.2. The quantitative estimate of drug-likeness (QED) is 0.401. The molecule has 0 saturated heterocycles. The highest BCUT2D eigenvalue weighted by molar-refractivity contribution is 4.79. The highest BCUT2D eigenvalue weighted by atomic mass is 19.1. The second kappa shape index (κ2) is 2.42. The molecule has 0 N–H and O–H groups in total. The number of hydrogen-bond acceptors (Lipinski definition) is 1. The smallest absolute Gasteiger partial charge is 0.226 e. The molecule has 2 heteroatoms. The van der Waals surface area contributed by atoms with Crippen LogP contribution in [-0.4, -0.2) is 0 Å². The fourth-order valence-electron chi connectivity index (χ4n) is 0. The van der Waals surface area contributed by atoms with Crippen molar-refractivity contribution in [2.75, 3.05) is 0 Å². The van der Waals surface area contributed by atoms with Crippen molar-refractivity contribution in [3.05, 3.63) is 6.67 Å². The molecule has 0 rings (SSSR count). The van der Waals surface area contributed by atoms with E-state index in [2.05, 4.69) is 0 Å². The fraction of sp³-hybridized carbons (Fsp3) is 0. The average molecular weight is 58.0 g/mol. The van der Waals surface area contributed by atoms with Gasteiger partial charge in [0.15, 0.2) is 0 Å². The molecule has 0 aromatic heterocycles. The Morgan fingerprint density at radius 1 is 2.00 bits per heavy atom. The Hall–Kier alpha value is -0.580. The van der Waals surface area contributed by atoms with E-state index in [0.717, 1.165) is 6.07 Å². The molecule has 0 fully saturated rings. The van der Waals surface area contributed by atoms with Crippen molar-refractivity contribution < 1.29 is 4.39 Å². The Morgan fingerprint density at radius 3 is 2.25 bits per heavy atom. The molecule has 1 nitrogen and oxygen atoms in total. The minimum absolute atomic E-state index is 0.0694. The fourth-order valence-corrected chi connectivity index (χ4v) is 0. The third-order valence-electron chi connectivity index (χ3n) is 0.0488. The largest absolute Gasteiger partial charge is 0.230 e. The van der Waals surface area contributed by atoms with Gasteiger partial charge >= 0.3 is 0 Å². The number of rotatable bonds is 0. The van der Waals surface area contributed by atoms with Crippen LogP contribution in [0.3, 0.4) is 0 Å². The number of hydrogen-bond donors (Lipinski definition) is 0. The molecule has 0 amide bonds. The Bertz CT molecular complexity index is 35.8. The molecule has 0 aromatic rings. The van der Waals surface area contributed by atoms with Crippen molar-refractivity contribution >= 4 is 0 Å². The Kier molecular flexibility index (Phi) is 2.07. The lowest BCUT2D eigenvalue weighted by atomic mass is 10.9. The van der Waals surface area contributed by atoms with Gasteiger partial charge in [0, 0.05) is 0 Å². The number of halogens is 1. The predicted molar refractivity (Wildman–Crippen MR) is 11.0 cm³/mol. The van der Waals surface area contributed by atoms with E-state index in [-0.39, 0.29) is 6.67 Å². The Balaban J connectivity index is 2.43. The van der Waals surface area contributed by atoms with Crippen LogP contribution >= 0.6 is 0 Å². The van der Waals surface area contributed by atoms with Crippen LogP contribution in [0.5, 0.6) is 0 Å². The monoisotopic (exact) mass is 58.0 g/mol. The zero-order valence-electron chi connectivity index (χ0n) is 1.90. The van der Waals surface area contributed by atoms with Crippen LogP contribution in [0, 0.1) is 18.0 Å². The van der Waals surface area contributed by atoms with Crippen LogP contribution in [0.1, 0.15) is 0 Å². The van der Waals surface area contributed by atoms with E-state index < -0.39 is 0 Å². The molecular weight excluding hydrogens is 57.0 g/mol. The zero-order chi connectivity index (χ0) is 3.41. The van der Waals surface area contributed by atoms with Crippen LogP contribution in [0.25, 0.3) is 0 Å². The molecule has 0 aliphatic carbocycles. The van der Waals surface area contributed by atoms with Gasteiger partial charge in [-0.1, -0.05) is 0 Å². The molecule has 0 spiro atoms. The molecule has 4 heavy (non-hydrogen) atoms. The van der Waals surface area contributed by atoms with Crippen LogP contribution in [0.2, 0.25) is 0 Å². The van der Waals surface area contributed by atoms with Gasteiger partial charge in [0.05, 0.1) is 0 Å². The standard InChI is InChI=1S/C2HFN/c3-1-2-4/h1H. The molecule has 21 valence electrons. The summed E-state index contributed by atoms with van der Waals surface area (Å²) in [6.45, 7) is -0.0694. The highest BCUT2D eigenvalue weighted by Crippen LogP contribution is 1.62. The normalized spacial score (nSPS) is 5.00. The topological polar surface area (TPSA) is 23.8 Å². The molecule has 0 saturated carbocycles. The lowest BCUT2D eigenvalue weighted by Crippen LogP contribution is -1.37. The molecule has 1 radical (unpaired) electrons. The maximum atomic E-state index is 10.2. The maximum Gasteiger partial charge on any atom is 0.230 e. The Labute approximate surface area is 23.7 Å². The van der Waals surface area contributed by atoms with Crippen molar-refractivity contribution in [2.24, 2.45) is 0 Å². The lowest BCUT2D eigenvalue weighted by molar-refractivity contribution is 0.661. The summed E-state index contributed by atoms with van der Waals surface area (Å²) >= 11 is 0. The summed E-state index contributed by atoms with van der Waals surface area (Å²) in [7, 11) is 0. The van der Waals surface area contributed by atoms with Crippen LogP contribution in [0.15, 0.2) is 0 Å². The first-order chi connectivity index (χ1) is 1.91. The van der Waals surface area contributed by atoms with E-state index in [1.165, 1.54) is 0 Å². The summed E-state index contributed by atoms with van der Waals surface area (Å²) in [5.74, 6) is 0. The zero-order valence-corrected chi connectivity index (χ0v) is 1.90. The summed E-state index contributed by atoms with van der Waals surface area (Å²) in [4.78, 5) is 0. The third-order valence-corrected chi connectivity index (χ3v) is 0.0488. The van der Waals surface area contributed by atoms with E-state index >= 15 is 0 Å². The van der Waals surface area contributed by atoms with Gasteiger partial charge in [-0.05, 0) is 0 Å². The van der Waals surface area contributed by atoms with Gasteiger partial charge in [0.1, 0.15) is 6.07 Å². The summed E-state index contributed by atoms with van der Waals surface area (Å²) in [6.07, 6.45) is 0.